The van der Waals surface area contributed by atoms with E-state index in [0.29, 0.717) is 19.5 Å². The zero-order valence-corrected chi connectivity index (χ0v) is 12.7. The molecule has 0 radical (unpaired) electrons. The van der Waals surface area contributed by atoms with E-state index in [4.69, 9.17) is 0 Å². The summed E-state index contributed by atoms with van der Waals surface area (Å²) in [5.74, 6) is 0. The summed E-state index contributed by atoms with van der Waals surface area (Å²) >= 11 is 0. The maximum absolute atomic E-state index is 13.3. The quantitative estimate of drug-likeness (QED) is 0.943. The topological polar surface area (TPSA) is 41.3 Å². The lowest BCUT2D eigenvalue weighted by atomic mass is 9.97. The van der Waals surface area contributed by atoms with E-state index >= 15 is 0 Å². The van der Waals surface area contributed by atoms with Gasteiger partial charge in [-0.05, 0) is 18.1 Å². The average molecular weight is 325 g/mol. The number of benzene rings is 1. The van der Waals surface area contributed by atoms with E-state index in [1.54, 1.807) is 24.0 Å². The minimum atomic E-state index is -4.40. The van der Waals surface area contributed by atoms with Gasteiger partial charge in [0.1, 0.15) is 0 Å². The largest absolute Gasteiger partial charge is 0.416 e. The number of halogens is 3. The van der Waals surface area contributed by atoms with Crippen LogP contribution in [-0.2, 0) is 19.8 Å². The van der Waals surface area contributed by atoms with Crippen LogP contribution in [0.5, 0.6) is 0 Å². The van der Waals surface area contributed by atoms with E-state index in [2.05, 4.69) is 5.10 Å². The van der Waals surface area contributed by atoms with E-state index in [1.807, 2.05) is 11.1 Å². The van der Waals surface area contributed by atoms with Gasteiger partial charge in [-0.2, -0.15) is 18.3 Å². The molecule has 0 spiro atoms. The molecule has 3 rings (SSSR count). The van der Waals surface area contributed by atoms with Crippen LogP contribution >= 0.6 is 0 Å². The molecular formula is C16H18F3N3O. The predicted octanol–water partition coefficient (Wildman–Crippen LogP) is 2.75. The number of alkyl halides is 3. The second-order valence-electron chi connectivity index (χ2n) is 5.94. The number of aryl methyl sites for hydroxylation is 1. The third kappa shape index (κ3) is 3.40. The zero-order valence-electron chi connectivity index (χ0n) is 12.7. The molecule has 1 saturated heterocycles. The van der Waals surface area contributed by atoms with E-state index in [0.717, 1.165) is 11.6 Å². The molecule has 2 unspecified atom stereocenters. The highest BCUT2D eigenvalue weighted by atomic mass is 19.4. The lowest BCUT2D eigenvalue weighted by Gasteiger charge is -2.26. The maximum Gasteiger partial charge on any atom is 0.416 e. The van der Waals surface area contributed by atoms with Crippen LogP contribution in [0.4, 0.5) is 13.2 Å². The van der Waals surface area contributed by atoms with E-state index < -0.39 is 23.9 Å². The Hall–Kier alpha value is -1.86. The average Bonchev–Trinajstić information content (AvgIpc) is 3.04. The highest BCUT2D eigenvalue weighted by Gasteiger charge is 2.39. The Morgan fingerprint density at radius 1 is 1.30 bits per heavy atom. The number of aromatic nitrogens is 2. The first-order chi connectivity index (χ1) is 10.8. The fourth-order valence-corrected chi connectivity index (χ4v) is 3.21. The van der Waals surface area contributed by atoms with Crippen molar-refractivity contribution in [3.63, 3.8) is 0 Å². The Balaban J connectivity index is 1.91. The van der Waals surface area contributed by atoms with E-state index in [1.165, 1.54) is 12.1 Å². The number of rotatable bonds is 3. The Kier molecular flexibility index (Phi) is 4.16. The van der Waals surface area contributed by atoms with Gasteiger partial charge in [0.05, 0.1) is 17.9 Å². The number of β-amino-alcohol motifs (C(OH)–C–C–N with tert-alkyl or cyclic N) is 1. The van der Waals surface area contributed by atoms with Gasteiger partial charge in [0, 0.05) is 37.9 Å². The van der Waals surface area contributed by atoms with Crippen LogP contribution in [0.3, 0.4) is 0 Å². The molecule has 1 aliphatic heterocycles. The normalized spacial score (nSPS) is 22.7. The maximum atomic E-state index is 13.3. The summed E-state index contributed by atoms with van der Waals surface area (Å²) in [6, 6.07) is 5.15. The molecule has 0 amide bonds. The van der Waals surface area contributed by atoms with Gasteiger partial charge in [-0.1, -0.05) is 18.2 Å². The van der Waals surface area contributed by atoms with Crippen LogP contribution < -0.4 is 0 Å². The molecule has 1 aliphatic rings. The standard InChI is InChI=1S/C16H18F3N3O/c1-21-8-11(7-20-21)9-22-10-12(23)6-15(22)13-4-2-3-5-14(13)16(17,18)19/h2-5,7-8,12,15,23H,6,9-10H2,1H3. The van der Waals surface area contributed by atoms with Crippen molar-refractivity contribution in [3.05, 3.63) is 53.3 Å². The van der Waals surface area contributed by atoms with Crippen LogP contribution in [0, 0.1) is 0 Å². The fourth-order valence-electron chi connectivity index (χ4n) is 3.21. The van der Waals surface area contributed by atoms with Crippen molar-refractivity contribution in [2.75, 3.05) is 6.54 Å². The summed E-state index contributed by atoms with van der Waals surface area (Å²) in [4.78, 5) is 1.88. The molecule has 23 heavy (non-hydrogen) atoms. The lowest BCUT2D eigenvalue weighted by Crippen LogP contribution is -2.25. The molecule has 0 saturated carbocycles. The van der Waals surface area contributed by atoms with Crippen molar-refractivity contribution in [1.29, 1.82) is 0 Å². The summed E-state index contributed by atoms with van der Waals surface area (Å²) in [7, 11) is 1.79. The second kappa shape index (κ2) is 5.98. The lowest BCUT2D eigenvalue weighted by molar-refractivity contribution is -0.138. The predicted molar refractivity (Wildman–Crippen MR) is 78.4 cm³/mol. The number of hydrogen-bond acceptors (Lipinski definition) is 3. The highest BCUT2D eigenvalue weighted by Crippen LogP contribution is 2.40. The Labute approximate surface area is 132 Å². The number of aliphatic hydroxyl groups excluding tert-OH is 1. The van der Waals surface area contributed by atoms with Crippen LogP contribution in [0.1, 0.15) is 29.2 Å². The Morgan fingerprint density at radius 3 is 2.70 bits per heavy atom. The van der Waals surface area contributed by atoms with Gasteiger partial charge in [-0.3, -0.25) is 9.58 Å². The van der Waals surface area contributed by atoms with Gasteiger partial charge < -0.3 is 5.11 Å². The molecule has 0 aliphatic carbocycles. The summed E-state index contributed by atoms with van der Waals surface area (Å²) < 4.78 is 41.4. The molecule has 2 atom stereocenters. The summed E-state index contributed by atoms with van der Waals surface area (Å²) in [6.45, 7) is 0.813. The third-order valence-electron chi connectivity index (χ3n) is 4.15. The van der Waals surface area contributed by atoms with Crippen molar-refractivity contribution in [2.45, 2.75) is 31.3 Å². The molecule has 1 N–H and O–H groups in total. The Morgan fingerprint density at radius 2 is 2.04 bits per heavy atom. The monoisotopic (exact) mass is 325 g/mol. The molecular weight excluding hydrogens is 307 g/mol. The first kappa shape index (κ1) is 16.0. The van der Waals surface area contributed by atoms with Gasteiger partial charge in [-0.15, -0.1) is 0 Å². The molecule has 2 aromatic rings. The van der Waals surface area contributed by atoms with Crippen molar-refractivity contribution in [1.82, 2.24) is 14.7 Å². The summed E-state index contributed by atoms with van der Waals surface area (Å²) in [5.41, 5.74) is 0.506. The molecule has 1 aromatic heterocycles. The van der Waals surface area contributed by atoms with Crippen molar-refractivity contribution in [3.8, 4) is 0 Å². The van der Waals surface area contributed by atoms with Crippen LogP contribution in [-0.4, -0.2) is 32.4 Å². The number of hydrogen-bond donors (Lipinski definition) is 1. The zero-order chi connectivity index (χ0) is 16.6. The first-order valence-corrected chi connectivity index (χ1v) is 7.40. The van der Waals surface area contributed by atoms with Gasteiger partial charge in [0.2, 0.25) is 0 Å². The highest BCUT2D eigenvalue weighted by molar-refractivity contribution is 5.33. The summed E-state index contributed by atoms with van der Waals surface area (Å²) in [5, 5.41) is 14.0. The SMILES string of the molecule is Cn1cc(CN2CC(O)CC2c2ccccc2C(F)(F)F)cn1. The molecule has 1 aromatic carbocycles. The first-order valence-electron chi connectivity index (χ1n) is 7.40. The number of nitrogens with zero attached hydrogens (tertiary/aromatic N) is 3. The van der Waals surface area contributed by atoms with E-state index in [-0.39, 0.29) is 5.56 Å². The minimum absolute atomic E-state index is 0.223. The molecule has 1 fully saturated rings. The van der Waals surface area contributed by atoms with Crippen molar-refractivity contribution < 1.29 is 18.3 Å². The van der Waals surface area contributed by atoms with Crippen LogP contribution in [0.2, 0.25) is 0 Å². The van der Waals surface area contributed by atoms with Gasteiger partial charge >= 0.3 is 6.18 Å². The van der Waals surface area contributed by atoms with Crippen LogP contribution in [0.25, 0.3) is 0 Å². The van der Waals surface area contributed by atoms with E-state index in [9.17, 15) is 18.3 Å². The minimum Gasteiger partial charge on any atom is -0.392 e. The molecule has 2 heterocycles. The van der Waals surface area contributed by atoms with Gasteiger partial charge in [0.25, 0.3) is 0 Å². The van der Waals surface area contributed by atoms with Crippen LogP contribution in [0.15, 0.2) is 36.7 Å². The molecule has 124 valence electrons. The smallest absolute Gasteiger partial charge is 0.392 e. The third-order valence-corrected chi connectivity index (χ3v) is 4.15. The Bertz CT molecular complexity index is 683. The molecule has 4 nitrogen and oxygen atoms in total. The summed E-state index contributed by atoms with van der Waals surface area (Å²) in [6.07, 6.45) is -1.20. The van der Waals surface area contributed by atoms with Gasteiger partial charge in [0.15, 0.2) is 0 Å². The van der Waals surface area contributed by atoms with Crippen molar-refractivity contribution >= 4 is 0 Å². The van der Waals surface area contributed by atoms with Crippen molar-refractivity contribution in [2.24, 2.45) is 7.05 Å². The molecule has 0 bridgehead atoms. The number of likely N-dealkylation sites (tertiary alicyclic amines) is 1. The molecule has 7 heteroatoms. The fraction of sp³-hybridized carbons (Fsp3) is 0.438. The van der Waals surface area contributed by atoms with Gasteiger partial charge in [-0.25, -0.2) is 0 Å². The number of aliphatic hydroxyl groups is 1. The second-order valence-corrected chi connectivity index (χ2v) is 5.94.